The molecule has 106 valence electrons. The molecule has 0 aromatic carbocycles. The fourth-order valence-corrected chi connectivity index (χ4v) is 1.28. The second-order valence-corrected chi connectivity index (χ2v) is 4.72. The molecule has 6 heteroatoms. The summed E-state index contributed by atoms with van der Waals surface area (Å²) in [6.45, 7) is 13.5. The first kappa shape index (κ1) is 23.5. The van der Waals surface area contributed by atoms with Gasteiger partial charge in [0.2, 0.25) is 0 Å². The van der Waals surface area contributed by atoms with Crippen LogP contribution in [0.2, 0.25) is 0 Å². The minimum absolute atomic E-state index is 0. The molecule has 1 aromatic heterocycles. The Morgan fingerprint density at radius 1 is 1.16 bits per heavy atom. The summed E-state index contributed by atoms with van der Waals surface area (Å²) >= 11 is 0. The summed E-state index contributed by atoms with van der Waals surface area (Å²) < 4.78 is 0. The van der Waals surface area contributed by atoms with Crippen LogP contribution in [-0.4, -0.2) is 24.1 Å². The summed E-state index contributed by atoms with van der Waals surface area (Å²) in [5.74, 6) is 0. The van der Waals surface area contributed by atoms with E-state index in [2.05, 4.69) is 53.9 Å². The molecular weight excluding hydrogens is 302 g/mol. The Labute approximate surface area is 128 Å². The summed E-state index contributed by atoms with van der Waals surface area (Å²) in [6, 6.07) is 6.10. The Hall–Kier alpha value is -0.601. The third-order valence-corrected chi connectivity index (χ3v) is 2.21. The Morgan fingerprint density at radius 3 is 2.05 bits per heavy atom. The molecule has 0 bridgehead atoms. The monoisotopic (exact) mass is 322 g/mol. The summed E-state index contributed by atoms with van der Waals surface area (Å²) in [7, 11) is 2.68. The van der Waals surface area contributed by atoms with Gasteiger partial charge in [-0.25, -0.2) is 0 Å². The van der Waals surface area contributed by atoms with Crippen molar-refractivity contribution in [2.24, 2.45) is 0 Å². The van der Waals surface area contributed by atoms with Gasteiger partial charge in [-0.15, -0.1) is 21.3 Å². The van der Waals surface area contributed by atoms with Crippen molar-refractivity contribution in [1.29, 1.82) is 0 Å². The van der Waals surface area contributed by atoms with Crippen molar-refractivity contribution in [1.82, 2.24) is 4.98 Å². The van der Waals surface area contributed by atoms with Crippen molar-refractivity contribution < 1.29 is 26.7 Å². The van der Waals surface area contributed by atoms with Crippen LogP contribution in [0.15, 0.2) is 18.2 Å². The first-order valence-corrected chi connectivity index (χ1v) is 6.13. The Kier molecular flexibility index (Phi) is 17.1. The molecule has 0 saturated heterocycles. The molecule has 0 N–H and O–H groups in total. The van der Waals surface area contributed by atoms with Gasteiger partial charge in [-0.2, -0.15) is 0 Å². The van der Waals surface area contributed by atoms with Crippen molar-refractivity contribution in [3.05, 3.63) is 34.9 Å². The zero-order valence-electron chi connectivity index (χ0n) is 11.5. The van der Waals surface area contributed by atoms with E-state index < -0.39 is 0 Å². The van der Waals surface area contributed by atoms with E-state index in [1.807, 2.05) is 18.2 Å². The SMILES string of the molecule is CC(C)(C)[N-]Cc1cccc(CP)n1.[CH-]=O.[CH-]=O.[Mn+3]. The van der Waals surface area contributed by atoms with E-state index in [0.717, 1.165) is 17.5 Å². The number of pyridine rings is 1. The van der Waals surface area contributed by atoms with Crippen molar-refractivity contribution in [3.63, 3.8) is 0 Å². The van der Waals surface area contributed by atoms with Crippen LogP contribution in [0.3, 0.4) is 0 Å². The van der Waals surface area contributed by atoms with Crippen molar-refractivity contribution >= 4 is 22.8 Å². The summed E-state index contributed by atoms with van der Waals surface area (Å²) in [6.07, 6.45) is 0.906. The molecule has 0 saturated carbocycles. The fourth-order valence-electron chi connectivity index (χ4n) is 1.05. The Bertz CT molecular complexity index is 331. The van der Waals surface area contributed by atoms with Gasteiger partial charge in [0, 0.05) is 17.5 Å². The second-order valence-electron chi connectivity index (χ2n) is 4.31. The molecule has 1 unspecified atom stereocenters. The van der Waals surface area contributed by atoms with Crippen LogP contribution in [-0.2, 0) is 39.4 Å². The van der Waals surface area contributed by atoms with E-state index in [4.69, 9.17) is 9.59 Å². The normalized spacial score (nSPS) is 9.05. The second kappa shape index (κ2) is 13.8. The van der Waals surface area contributed by atoms with Gasteiger partial charge < -0.3 is 14.9 Å². The standard InChI is InChI=1S/C11H18N2P.2CHO.Mn/c1-11(2,3)12-7-9-5-4-6-10(8-14)13-9;2*1-2;/h4-6H,7-8,14H2,1-3H3;2*1H;/q3*-1;+3. The van der Waals surface area contributed by atoms with Gasteiger partial charge in [0.1, 0.15) is 0 Å². The summed E-state index contributed by atoms with van der Waals surface area (Å²) in [4.78, 5) is 20.0. The van der Waals surface area contributed by atoms with Crippen LogP contribution >= 0.6 is 9.24 Å². The van der Waals surface area contributed by atoms with Crippen LogP contribution in [0.5, 0.6) is 0 Å². The first-order chi connectivity index (χ1) is 8.51. The van der Waals surface area contributed by atoms with E-state index in [9.17, 15) is 0 Å². The quantitative estimate of drug-likeness (QED) is 0.372. The van der Waals surface area contributed by atoms with Gasteiger partial charge in [-0.1, -0.05) is 26.8 Å². The molecule has 1 aromatic rings. The largest absolute Gasteiger partial charge is 3.00 e. The number of hydrogen-bond donors (Lipinski definition) is 0. The van der Waals surface area contributed by atoms with Gasteiger partial charge in [-0.05, 0) is 12.1 Å². The average Bonchev–Trinajstić information content (AvgIpc) is 2.40. The number of aromatic nitrogens is 1. The molecule has 1 rings (SSSR count). The van der Waals surface area contributed by atoms with Gasteiger partial charge >= 0.3 is 17.1 Å². The van der Waals surface area contributed by atoms with Crippen LogP contribution in [0.1, 0.15) is 32.2 Å². The average molecular weight is 322 g/mol. The molecule has 0 aliphatic carbocycles. The molecule has 1 atom stereocenters. The molecule has 0 amide bonds. The smallest absolute Gasteiger partial charge is 0.652 e. The summed E-state index contributed by atoms with van der Waals surface area (Å²) in [5.41, 5.74) is 2.19. The molecule has 0 radical (unpaired) electrons. The number of carbonyl (C=O) groups excluding carboxylic acids is 2. The Morgan fingerprint density at radius 2 is 1.63 bits per heavy atom. The topological polar surface area (TPSA) is 61.1 Å². The van der Waals surface area contributed by atoms with Gasteiger partial charge in [0.25, 0.3) is 0 Å². The molecule has 0 fully saturated rings. The maximum atomic E-state index is 7.75. The first-order valence-electron chi connectivity index (χ1n) is 5.32. The van der Waals surface area contributed by atoms with Crippen LogP contribution < -0.4 is 0 Å². The van der Waals surface area contributed by atoms with Gasteiger partial charge in [0.05, 0.1) is 0 Å². The maximum absolute atomic E-state index is 7.75. The minimum Gasteiger partial charge on any atom is -0.652 e. The van der Waals surface area contributed by atoms with Crippen LogP contribution in [0.25, 0.3) is 5.32 Å². The van der Waals surface area contributed by atoms with E-state index in [1.54, 1.807) is 0 Å². The predicted octanol–water partition coefficient (Wildman–Crippen LogP) is 2.58. The van der Waals surface area contributed by atoms with Crippen molar-refractivity contribution in [2.75, 3.05) is 0 Å². The van der Waals surface area contributed by atoms with Crippen molar-refractivity contribution in [2.45, 2.75) is 39.0 Å². The van der Waals surface area contributed by atoms with E-state index in [0.29, 0.717) is 6.54 Å². The van der Waals surface area contributed by atoms with Crippen LogP contribution in [0, 0.1) is 0 Å². The molecule has 19 heavy (non-hydrogen) atoms. The van der Waals surface area contributed by atoms with E-state index in [-0.39, 0.29) is 22.6 Å². The molecule has 0 aliphatic rings. The number of nitrogens with zero attached hydrogens (tertiary/aromatic N) is 2. The number of hydrogen-bond acceptors (Lipinski definition) is 3. The minimum atomic E-state index is 0. The molecule has 1 heterocycles. The molecule has 4 nitrogen and oxygen atoms in total. The predicted molar refractivity (Wildman–Crippen MR) is 78.0 cm³/mol. The molecular formula is C13H20MnN2O2P. The zero-order chi connectivity index (χ0) is 14.6. The van der Waals surface area contributed by atoms with Gasteiger partial charge in [-0.3, -0.25) is 18.6 Å². The van der Waals surface area contributed by atoms with Gasteiger partial charge in [0.15, 0.2) is 0 Å². The van der Waals surface area contributed by atoms with E-state index >= 15 is 0 Å². The maximum Gasteiger partial charge on any atom is 3.00 e. The third kappa shape index (κ3) is 13.6. The van der Waals surface area contributed by atoms with Crippen LogP contribution in [0.4, 0.5) is 0 Å². The molecule has 0 spiro atoms. The molecule has 0 aliphatic heterocycles. The van der Waals surface area contributed by atoms with Crippen molar-refractivity contribution in [3.8, 4) is 0 Å². The summed E-state index contributed by atoms with van der Waals surface area (Å²) in [5, 5.41) is 4.53. The number of rotatable bonds is 3. The third-order valence-electron chi connectivity index (χ3n) is 1.79. The zero-order valence-corrected chi connectivity index (χ0v) is 13.8. The van der Waals surface area contributed by atoms with E-state index in [1.165, 1.54) is 0 Å². The fraction of sp³-hybridized carbons (Fsp3) is 0.462. The Balaban J connectivity index is -0.000000467.